The fourth-order valence-electron chi connectivity index (χ4n) is 2.93. The number of hydrogen-bond acceptors (Lipinski definition) is 4. The molecule has 1 fully saturated rings. The van der Waals surface area contributed by atoms with E-state index in [0.717, 1.165) is 31.6 Å². The summed E-state index contributed by atoms with van der Waals surface area (Å²) in [5.41, 5.74) is 1.48. The Hall–Kier alpha value is -1.57. The molecule has 0 bridgehead atoms. The van der Waals surface area contributed by atoms with Crippen LogP contribution in [0.4, 0.5) is 11.4 Å². The van der Waals surface area contributed by atoms with Crippen molar-refractivity contribution in [1.29, 1.82) is 0 Å². The number of anilines is 2. The van der Waals surface area contributed by atoms with Gasteiger partial charge in [0, 0.05) is 16.2 Å². The molecule has 2 aromatic carbocycles. The van der Waals surface area contributed by atoms with Crippen LogP contribution in [0.5, 0.6) is 0 Å². The van der Waals surface area contributed by atoms with E-state index in [0.29, 0.717) is 16.2 Å². The van der Waals surface area contributed by atoms with Gasteiger partial charge in [-0.25, -0.2) is 8.42 Å². The minimum Gasteiger partial charge on any atom is -0.382 e. The first kappa shape index (κ1) is 18.2. The number of nitrogens with one attached hydrogen (secondary N) is 2. The van der Waals surface area contributed by atoms with Gasteiger partial charge in [0.25, 0.3) is 10.0 Å². The topological polar surface area (TPSA) is 61.4 Å². The van der Waals surface area contributed by atoms with E-state index in [1.807, 2.05) is 18.2 Å². The van der Waals surface area contributed by atoms with Crippen molar-refractivity contribution in [2.75, 3.05) is 30.2 Å². The number of halogens is 1. The van der Waals surface area contributed by atoms with Crippen molar-refractivity contribution in [2.45, 2.75) is 23.8 Å². The summed E-state index contributed by atoms with van der Waals surface area (Å²) in [5, 5.41) is 3.51. The molecule has 134 valence electrons. The van der Waals surface area contributed by atoms with Crippen molar-refractivity contribution in [2.24, 2.45) is 0 Å². The Labute approximate surface area is 157 Å². The zero-order valence-electron chi connectivity index (χ0n) is 14.1. The van der Waals surface area contributed by atoms with Gasteiger partial charge in [-0.3, -0.25) is 4.72 Å². The van der Waals surface area contributed by atoms with Crippen molar-refractivity contribution in [3.05, 3.63) is 53.0 Å². The van der Waals surface area contributed by atoms with Gasteiger partial charge in [-0.05, 0) is 79.2 Å². The van der Waals surface area contributed by atoms with Crippen LogP contribution in [0.1, 0.15) is 12.8 Å². The molecule has 1 aliphatic rings. The highest BCUT2D eigenvalue weighted by molar-refractivity contribution is 9.10. The summed E-state index contributed by atoms with van der Waals surface area (Å²) >= 11 is 3.30. The number of sulfonamides is 1. The molecule has 25 heavy (non-hydrogen) atoms. The lowest BCUT2D eigenvalue weighted by Crippen LogP contribution is -2.36. The Morgan fingerprint density at radius 1 is 1.04 bits per heavy atom. The first-order valence-corrected chi connectivity index (χ1v) is 10.5. The first-order chi connectivity index (χ1) is 11.9. The third-order valence-electron chi connectivity index (χ3n) is 4.33. The van der Waals surface area contributed by atoms with Crippen molar-refractivity contribution in [3.8, 4) is 0 Å². The van der Waals surface area contributed by atoms with Crippen LogP contribution in [0.2, 0.25) is 0 Å². The summed E-state index contributed by atoms with van der Waals surface area (Å²) in [4.78, 5) is 2.55. The smallest absolute Gasteiger partial charge is 0.263 e. The predicted molar refractivity (Wildman–Crippen MR) is 106 cm³/mol. The molecule has 0 amide bonds. The fraction of sp³-hybridized carbons (Fsp3) is 0.333. The third-order valence-corrected chi connectivity index (χ3v) is 6.72. The summed E-state index contributed by atoms with van der Waals surface area (Å²) in [5.74, 6) is 0. The molecule has 3 rings (SSSR count). The average molecular weight is 424 g/mol. The first-order valence-electron chi connectivity index (χ1n) is 8.26. The Morgan fingerprint density at radius 2 is 1.72 bits per heavy atom. The van der Waals surface area contributed by atoms with E-state index in [1.165, 1.54) is 0 Å². The monoisotopic (exact) mass is 423 g/mol. The van der Waals surface area contributed by atoms with Gasteiger partial charge in [0.1, 0.15) is 4.90 Å². The predicted octanol–water partition coefficient (Wildman–Crippen LogP) is 3.76. The summed E-state index contributed by atoms with van der Waals surface area (Å²) < 4.78 is 28.4. The van der Waals surface area contributed by atoms with Crippen LogP contribution in [0.3, 0.4) is 0 Å². The van der Waals surface area contributed by atoms with Crippen LogP contribution in [-0.2, 0) is 10.0 Å². The third kappa shape index (κ3) is 4.74. The van der Waals surface area contributed by atoms with Gasteiger partial charge >= 0.3 is 0 Å². The van der Waals surface area contributed by atoms with E-state index in [1.54, 1.807) is 30.3 Å². The number of nitrogens with zero attached hydrogens (tertiary/aromatic N) is 1. The quantitative estimate of drug-likeness (QED) is 0.768. The van der Waals surface area contributed by atoms with E-state index in [-0.39, 0.29) is 4.90 Å². The SMILES string of the molecule is CN1CCC(Nc2cccc(NS(=O)(=O)c3ccccc3Br)c2)CC1. The molecule has 0 atom stereocenters. The van der Waals surface area contributed by atoms with Crippen molar-refractivity contribution in [3.63, 3.8) is 0 Å². The molecule has 5 nitrogen and oxygen atoms in total. The van der Waals surface area contributed by atoms with Crippen LogP contribution in [0, 0.1) is 0 Å². The second-order valence-corrected chi connectivity index (χ2v) is 8.84. The second kappa shape index (κ2) is 7.76. The van der Waals surface area contributed by atoms with Gasteiger partial charge in [0.05, 0.1) is 5.69 Å². The molecule has 1 aliphatic heterocycles. The van der Waals surface area contributed by atoms with Gasteiger partial charge in [0.15, 0.2) is 0 Å². The van der Waals surface area contributed by atoms with Gasteiger partial charge < -0.3 is 10.2 Å². The maximum Gasteiger partial charge on any atom is 0.263 e. The van der Waals surface area contributed by atoms with E-state index < -0.39 is 10.0 Å². The lowest BCUT2D eigenvalue weighted by molar-refractivity contribution is 0.264. The molecule has 2 aromatic rings. The average Bonchev–Trinajstić information content (AvgIpc) is 2.57. The van der Waals surface area contributed by atoms with Gasteiger partial charge in [-0.15, -0.1) is 0 Å². The minimum absolute atomic E-state index is 0.226. The maximum atomic E-state index is 12.6. The summed E-state index contributed by atoms with van der Waals surface area (Å²) in [6.45, 7) is 2.15. The molecular formula is C18H22BrN3O2S. The molecule has 0 aromatic heterocycles. The highest BCUT2D eigenvalue weighted by atomic mass is 79.9. The zero-order chi connectivity index (χ0) is 17.9. The Balaban J connectivity index is 1.72. The van der Waals surface area contributed by atoms with Crippen LogP contribution in [0.15, 0.2) is 57.9 Å². The summed E-state index contributed by atoms with van der Waals surface area (Å²) in [7, 11) is -1.50. The van der Waals surface area contributed by atoms with Crippen molar-refractivity contribution in [1.82, 2.24) is 4.90 Å². The van der Waals surface area contributed by atoms with Crippen LogP contribution in [0.25, 0.3) is 0 Å². The summed E-state index contributed by atoms with van der Waals surface area (Å²) in [6.07, 6.45) is 2.17. The van der Waals surface area contributed by atoms with E-state index >= 15 is 0 Å². The normalized spacial score (nSPS) is 16.6. The highest BCUT2D eigenvalue weighted by Crippen LogP contribution is 2.25. The van der Waals surface area contributed by atoms with E-state index in [2.05, 4.69) is 37.9 Å². The minimum atomic E-state index is -3.63. The van der Waals surface area contributed by atoms with Gasteiger partial charge in [-0.1, -0.05) is 18.2 Å². The molecule has 0 spiro atoms. The zero-order valence-corrected chi connectivity index (χ0v) is 16.5. The lowest BCUT2D eigenvalue weighted by Gasteiger charge is -2.30. The molecule has 2 N–H and O–H groups in total. The molecule has 1 saturated heterocycles. The molecule has 0 radical (unpaired) electrons. The Bertz CT molecular complexity index is 834. The number of benzene rings is 2. The molecule has 0 saturated carbocycles. The van der Waals surface area contributed by atoms with Gasteiger partial charge in [0.2, 0.25) is 0 Å². The van der Waals surface area contributed by atoms with E-state index in [9.17, 15) is 8.42 Å². The van der Waals surface area contributed by atoms with Crippen molar-refractivity contribution < 1.29 is 8.42 Å². The molecule has 0 aliphatic carbocycles. The number of hydrogen-bond donors (Lipinski definition) is 2. The number of likely N-dealkylation sites (tertiary alicyclic amines) is 1. The van der Waals surface area contributed by atoms with E-state index in [4.69, 9.17) is 0 Å². The lowest BCUT2D eigenvalue weighted by atomic mass is 10.1. The molecule has 0 unspecified atom stereocenters. The van der Waals surface area contributed by atoms with Crippen LogP contribution < -0.4 is 10.0 Å². The largest absolute Gasteiger partial charge is 0.382 e. The fourth-order valence-corrected chi connectivity index (χ4v) is 4.99. The van der Waals surface area contributed by atoms with Gasteiger partial charge in [-0.2, -0.15) is 0 Å². The van der Waals surface area contributed by atoms with Crippen LogP contribution >= 0.6 is 15.9 Å². The molecule has 1 heterocycles. The Morgan fingerprint density at radius 3 is 2.44 bits per heavy atom. The highest BCUT2D eigenvalue weighted by Gasteiger charge is 2.18. The van der Waals surface area contributed by atoms with Crippen molar-refractivity contribution >= 4 is 37.3 Å². The Kier molecular flexibility index (Phi) is 5.66. The number of piperidine rings is 1. The second-order valence-electron chi connectivity index (χ2n) is 6.34. The number of rotatable bonds is 5. The molecular weight excluding hydrogens is 402 g/mol. The summed E-state index contributed by atoms with van der Waals surface area (Å²) in [6, 6.07) is 14.6. The van der Waals surface area contributed by atoms with Crippen LogP contribution in [-0.4, -0.2) is 39.5 Å². The standard InChI is InChI=1S/C18H22BrN3O2S/c1-22-11-9-14(10-12-22)20-15-5-4-6-16(13-15)21-25(23,24)18-8-3-2-7-17(18)19/h2-8,13-14,20-21H,9-12H2,1H3. The molecule has 7 heteroatoms. The maximum absolute atomic E-state index is 12.6.